The third-order valence-corrected chi connectivity index (χ3v) is 7.75. The lowest BCUT2D eigenvalue weighted by Crippen LogP contribution is -2.49. The number of rotatable bonds is 10. The Hall–Kier alpha value is -2.52. The second-order valence-corrected chi connectivity index (χ2v) is 11.3. The molecule has 5 atom stereocenters. The molecule has 0 bridgehead atoms. The highest BCUT2D eigenvalue weighted by molar-refractivity contribution is 6.23. The standard InChI is InChI=1S/C26H36Cl2N4O5/c27-19-9-18(10-20(28)12-19)22(13-24(34)35)32-23(33)15-29-25(36)17-7-4-8-21(11-17)31-26(37)30-14-16-5-2-1-3-6-16/h1-3,5-6,17-22H,4,7-15H2,(H,29,36)(H,32,33)(H,34,35)(H2,30,31,37). The summed E-state index contributed by atoms with van der Waals surface area (Å²) in [6, 6.07) is 8.57. The minimum Gasteiger partial charge on any atom is -0.481 e. The molecule has 11 heteroatoms. The van der Waals surface area contributed by atoms with Gasteiger partial charge in [0, 0.05) is 35.3 Å². The number of carboxylic acids is 1. The van der Waals surface area contributed by atoms with Crippen LogP contribution in [0.2, 0.25) is 0 Å². The van der Waals surface area contributed by atoms with E-state index in [1.165, 1.54) is 0 Å². The van der Waals surface area contributed by atoms with Gasteiger partial charge >= 0.3 is 12.0 Å². The lowest BCUT2D eigenvalue weighted by molar-refractivity contribution is -0.138. The minimum absolute atomic E-state index is 0.132. The molecule has 0 radical (unpaired) electrons. The summed E-state index contributed by atoms with van der Waals surface area (Å²) < 4.78 is 0. The molecule has 3 rings (SSSR count). The van der Waals surface area contributed by atoms with Crippen molar-refractivity contribution < 1.29 is 24.3 Å². The van der Waals surface area contributed by atoms with Gasteiger partial charge in [-0.05, 0) is 50.0 Å². The number of urea groups is 1. The van der Waals surface area contributed by atoms with Crippen LogP contribution in [0.15, 0.2) is 30.3 Å². The Kier molecular flexibility index (Phi) is 11.3. The van der Waals surface area contributed by atoms with E-state index in [4.69, 9.17) is 23.2 Å². The van der Waals surface area contributed by atoms with E-state index in [1.54, 1.807) is 0 Å². The number of nitrogens with one attached hydrogen (secondary N) is 4. The Morgan fingerprint density at radius 1 is 0.946 bits per heavy atom. The van der Waals surface area contributed by atoms with Gasteiger partial charge in [-0.3, -0.25) is 14.4 Å². The smallest absolute Gasteiger partial charge is 0.315 e. The molecule has 0 aromatic heterocycles. The van der Waals surface area contributed by atoms with Gasteiger partial charge in [-0.2, -0.15) is 0 Å². The van der Waals surface area contributed by atoms with Crippen molar-refractivity contribution in [2.45, 2.75) is 80.7 Å². The van der Waals surface area contributed by atoms with Crippen molar-refractivity contribution in [3.8, 4) is 0 Å². The van der Waals surface area contributed by atoms with Gasteiger partial charge in [-0.25, -0.2) is 4.79 Å². The average Bonchev–Trinajstić information content (AvgIpc) is 2.85. The van der Waals surface area contributed by atoms with Crippen LogP contribution < -0.4 is 21.3 Å². The summed E-state index contributed by atoms with van der Waals surface area (Å²) in [4.78, 5) is 49.0. The SMILES string of the molecule is O=C(O)CC(NC(=O)CNC(=O)C1CCCC(NC(=O)NCc2ccccc2)C1)C1CC(Cl)CC(Cl)C1. The zero-order valence-corrected chi connectivity index (χ0v) is 22.3. The van der Waals surface area contributed by atoms with Gasteiger partial charge in [0.2, 0.25) is 11.8 Å². The molecular formula is C26H36Cl2N4O5. The predicted molar refractivity (Wildman–Crippen MR) is 141 cm³/mol. The van der Waals surface area contributed by atoms with Gasteiger partial charge in [-0.1, -0.05) is 36.8 Å². The molecule has 2 saturated carbocycles. The summed E-state index contributed by atoms with van der Waals surface area (Å²) in [5.74, 6) is -2.18. The number of hydrogen-bond donors (Lipinski definition) is 5. The van der Waals surface area contributed by atoms with Crippen molar-refractivity contribution >= 4 is 47.0 Å². The third kappa shape index (κ3) is 10.0. The van der Waals surface area contributed by atoms with Gasteiger partial charge in [0.1, 0.15) is 0 Å². The highest BCUT2D eigenvalue weighted by Crippen LogP contribution is 2.34. The first-order chi connectivity index (χ1) is 17.7. The second-order valence-electron chi connectivity index (χ2n) is 10.0. The highest BCUT2D eigenvalue weighted by atomic mass is 35.5. The van der Waals surface area contributed by atoms with Crippen molar-refractivity contribution in [2.75, 3.05) is 6.54 Å². The molecule has 9 nitrogen and oxygen atoms in total. The Bertz CT molecular complexity index is 925. The van der Waals surface area contributed by atoms with Crippen LogP contribution in [0.25, 0.3) is 0 Å². The van der Waals surface area contributed by atoms with E-state index in [9.17, 15) is 24.3 Å². The molecule has 4 amide bonds. The molecule has 2 fully saturated rings. The molecule has 0 saturated heterocycles. The topological polar surface area (TPSA) is 137 Å². The largest absolute Gasteiger partial charge is 0.481 e. The number of hydrogen-bond acceptors (Lipinski definition) is 4. The van der Waals surface area contributed by atoms with E-state index in [0.717, 1.165) is 18.4 Å². The molecule has 0 aliphatic heterocycles. The number of halogens is 2. The van der Waals surface area contributed by atoms with Crippen molar-refractivity contribution in [3.05, 3.63) is 35.9 Å². The molecule has 0 heterocycles. The van der Waals surface area contributed by atoms with E-state index in [1.807, 2.05) is 30.3 Å². The summed E-state index contributed by atoms with van der Waals surface area (Å²) >= 11 is 12.5. The van der Waals surface area contributed by atoms with Gasteiger partial charge < -0.3 is 26.4 Å². The number of carbonyl (C=O) groups excluding carboxylic acids is 3. The Morgan fingerprint density at radius 2 is 1.65 bits per heavy atom. The van der Waals surface area contributed by atoms with Crippen molar-refractivity contribution in [3.63, 3.8) is 0 Å². The summed E-state index contributed by atoms with van der Waals surface area (Å²) in [6.07, 6.45) is 4.30. The van der Waals surface area contributed by atoms with Crippen molar-refractivity contribution in [2.24, 2.45) is 11.8 Å². The third-order valence-electron chi connectivity index (χ3n) is 7.04. The molecule has 1 aromatic rings. The van der Waals surface area contributed by atoms with Crippen LogP contribution in [0.4, 0.5) is 4.79 Å². The van der Waals surface area contributed by atoms with Crippen molar-refractivity contribution in [1.82, 2.24) is 21.3 Å². The fourth-order valence-electron chi connectivity index (χ4n) is 5.22. The molecule has 2 aliphatic carbocycles. The Balaban J connectivity index is 1.42. The second kappa shape index (κ2) is 14.4. The first-order valence-corrected chi connectivity index (χ1v) is 13.7. The maximum atomic E-state index is 12.7. The van der Waals surface area contributed by atoms with E-state index in [-0.39, 0.29) is 53.5 Å². The maximum absolute atomic E-state index is 12.7. The van der Waals surface area contributed by atoms with Gasteiger partial charge in [-0.15, -0.1) is 23.2 Å². The molecule has 204 valence electrons. The molecule has 1 aromatic carbocycles. The van der Waals surface area contributed by atoms with Crippen LogP contribution in [-0.4, -0.2) is 58.3 Å². The minimum atomic E-state index is -1.02. The normalized spacial score (nSPS) is 26.4. The van der Waals surface area contributed by atoms with Crippen LogP contribution in [0.1, 0.15) is 56.9 Å². The lowest BCUT2D eigenvalue weighted by atomic mass is 9.82. The Morgan fingerprint density at radius 3 is 2.32 bits per heavy atom. The number of benzene rings is 1. The van der Waals surface area contributed by atoms with Crippen LogP contribution >= 0.6 is 23.2 Å². The fraction of sp³-hybridized carbons (Fsp3) is 0.615. The molecular weight excluding hydrogens is 519 g/mol. The number of carboxylic acid groups (broad SMARTS) is 1. The molecule has 5 N–H and O–H groups in total. The first-order valence-electron chi connectivity index (χ1n) is 12.8. The monoisotopic (exact) mass is 554 g/mol. The predicted octanol–water partition coefficient (Wildman–Crippen LogP) is 3.14. The zero-order chi connectivity index (χ0) is 26.8. The molecule has 5 unspecified atom stereocenters. The first kappa shape index (κ1) is 29.0. The van der Waals surface area contributed by atoms with Gasteiger partial charge in [0.15, 0.2) is 0 Å². The molecule has 0 spiro atoms. The maximum Gasteiger partial charge on any atom is 0.315 e. The average molecular weight is 556 g/mol. The summed E-state index contributed by atoms with van der Waals surface area (Å²) in [5.41, 5.74) is 0.996. The zero-order valence-electron chi connectivity index (χ0n) is 20.8. The fourth-order valence-corrected chi connectivity index (χ4v) is 6.20. The number of amides is 4. The van der Waals surface area contributed by atoms with Crippen LogP contribution in [0, 0.1) is 11.8 Å². The highest BCUT2D eigenvalue weighted by Gasteiger charge is 2.34. The Labute approximate surface area is 227 Å². The van der Waals surface area contributed by atoms with E-state index < -0.39 is 17.9 Å². The van der Waals surface area contributed by atoms with E-state index >= 15 is 0 Å². The van der Waals surface area contributed by atoms with Crippen LogP contribution in [0.5, 0.6) is 0 Å². The van der Waals surface area contributed by atoms with E-state index in [2.05, 4.69) is 21.3 Å². The number of aliphatic carboxylic acids is 1. The summed E-state index contributed by atoms with van der Waals surface area (Å²) in [5, 5.41) is 20.2. The number of alkyl halides is 2. The summed E-state index contributed by atoms with van der Waals surface area (Å²) in [7, 11) is 0. The van der Waals surface area contributed by atoms with Crippen LogP contribution in [0.3, 0.4) is 0 Å². The van der Waals surface area contributed by atoms with Gasteiger partial charge in [0.25, 0.3) is 0 Å². The lowest BCUT2D eigenvalue weighted by Gasteiger charge is -2.34. The number of carbonyl (C=O) groups is 4. The van der Waals surface area contributed by atoms with Crippen LogP contribution in [-0.2, 0) is 20.9 Å². The summed E-state index contributed by atoms with van der Waals surface area (Å²) in [6.45, 7) is 0.168. The van der Waals surface area contributed by atoms with Crippen molar-refractivity contribution in [1.29, 1.82) is 0 Å². The molecule has 37 heavy (non-hydrogen) atoms. The quantitative estimate of drug-likeness (QED) is 0.283. The van der Waals surface area contributed by atoms with E-state index in [0.29, 0.717) is 38.6 Å². The van der Waals surface area contributed by atoms with Gasteiger partial charge in [0.05, 0.1) is 13.0 Å². The molecule has 2 aliphatic rings.